The molecule has 1 fully saturated rings. The Hall–Kier alpha value is -2.68. The first-order valence-electron chi connectivity index (χ1n) is 8.22. The van der Waals surface area contributed by atoms with Crippen molar-refractivity contribution in [2.24, 2.45) is 0 Å². The van der Waals surface area contributed by atoms with E-state index in [0.717, 1.165) is 24.9 Å². The highest BCUT2D eigenvalue weighted by molar-refractivity contribution is 5.76. The second-order valence-corrected chi connectivity index (χ2v) is 6.16. The smallest absolute Gasteiger partial charge is 0.223 e. The van der Waals surface area contributed by atoms with Crippen LogP contribution in [0.1, 0.15) is 48.0 Å². The Kier molecular flexibility index (Phi) is 4.90. The minimum Gasteiger partial charge on any atom is -0.342 e. The van der Waals surface area contributed by atoms with Gasteiger partial charge < -0.3 is 9.42 Å². The molecule has 6 nitrogen and oxygen atoms in total. The molecule has 6 heteroatoms. The number of likely N-dealkylation sites (tertiary alicyclic amines) is 1. The number of piperidine rings is 1. The van der Waals surface area contributed by atoms with Crippen LogP contribution in [-0.4, -0.2) is 34.0 Å². The normalized spacial score (nSPS) is 17.5. The third kappa shape index (κ3) is 3.80. The molecule has 24 heavy (non-hydrogen) atoms. The molecule has 2 aromatic rings. The molecule has 0 aliphatic carbocycles. The van der Waals surface area contributed by atoms with Crippen LogP contribution in [0, 0.1) is 18.3 Å². The van der Waals surface area contributed by atoms with E-state index in [1.165, 1.54) is 0 Å². The Labute approximate surface area is 141 Å². The van der Waals surface area contributed by atoms with Gasteiger partial charge in [0.1, 0.15) is 0 Å². The van der Waals surface area contributed by atoms with Gasteiger partial charge in [-0.05, 0) is 37.0 Å². The Morgan fingerprint density at radius 1 is 1.42 bits per heavy atom. The minimum absolute atomic E-state index is 0.157. The van der Waals surface area contributed by atoms with Gasteiger partial charge in [0.25, 0.3) is 0 Å². The van der Waals surface area contributed by atoms with E-state index in [0.29, 0.717) is 36.7 Å². The van der Waals surface area contributed by atoms with E-state index >= 15 is 0 Å². The van der Waals surface area contributed by atoms with Crippen molar-refractivity contribution in [1.82, 2.24) is 15.0 Å². The number of aromatic nitrogens is 2. The zero-order valence-corrected chi connectivity index (χ0v) is 13.7. The maximum atomic E-state index is 12.5. The molecule has 1 atom stereocenters. The first kappa shape index (κ1) is 16.2. The largest absolute Gasteiger partial charge is 0.342 e. The maximum Gasteiger partial charge on any atom is 0.223 e. The molecule has 0 saturated carbocycles. The van der Waals surface area contributed by atoms with E-state index in [1.54, 1.807) is 19.1 Å². The first-order valence-corrected chi connectivity index (χ1v) is 8.22. The fourth-order valence-corrected chi connectivity index (χ4v) is 3.05. The van der Waals surface area contributed by atoms with Crippen molar-refractivity contribution in [2.75, 3.05) is 13.1 Å². The van der Waals surface area contributed by atoms with Crippen LogP contribution in [-0.2, 0) is 11.2 Å². The number of hydrogen-bond donors (Lipinski definition) is 0. The lowest BCUT2D eigenvalue weighted by Gasteiger charge is -2.31. The van der Waals surface area contributed by atoms with Gasteiger partial charge in [0.05, 0.1) is 11.6 Å². The first-order chi connectivity index (χ1) is 11.7. The third-order valence-electron chi connectivity index (χ3n) is 4.39. The van der Waals surface area contributed by atoms with E-state index in [9.17, 15) is 4.79 Å². The van der Waals surface area contributed by atoms with Gasteiger partial charge >= 0.3 is 0 Å². The second-order valence-electron chi connectivity index (χ2n) is 6.16. The summed E-state index contributed by atoms with van der Waals surface area (Å²) in [6, 6.07) is 9.49. The number of aryl methyl sites for hydroxylation is 2. The van der Waals surface area contributed by atoms with Crippen LogP contribution < -0.4 is 0 Å². The average molecular weight is 324 g/mol. The van der Waals surface area contributed by atoms with Gasteiger partial charge in [-0.1, -0.05) is 17.3 Å². The Bertz CT molecular complexity index is 745. The molecule has 1 aromatic carbocycles. The molecule has 0 N–H and O–H groups in total. The molecule has 1 aliphatic rings. The molecule has 3 rings (SSSR count). The van der Waals surface area contributed by atoms with E-state index in [2.05, 4.69) is 16.2 Å². The summed E-state index contributed by atoms with van der Waals surface area (Å²) in [5.74, 6) is 1.59. The maximum absolute atomic E-state index is 12.5. The van der Waals surface area contributed by atoms with Crippen molar-refractivity contribution in [1.29, 1.82) is 5.26 Å². The van der Waals surface area contributed by atoms with Crippen molar-refractivity contribution in [3.8, 4) is 6.07 Å². The van der Waals surface area contributed by atoms with Gasteiger partial charge in [0.15, 0.2) is 5.82 Å². The Balaban J connectivity index is 1.55. The number of carbonyl (C=O) groups is 1. The fraction of sp³-hybridized carbons (Fsp3) is 0.444. The van der Waals surface area contributed by atoms with Crippen molar-refractivity contribution < 1.29 is 9.32 Å². The van der Waals surface area contributed by atoms with Gasteiger partial charge in [-0.2, -0.15) is 10.2 Å². The molecule has 0 radical (unpaired) electrons. The van der Waals surface area contributed by atoms with Crippen molar-refractivity contribution in [3.05, 3.63) is 47.1 Å². The fourth-order valence-electron chi connectivity index (χ4n) is 3.05. The van der Waals surface area contributed by atoms with Crippen molar-refractivity contribution in [3.63, 3.8) is 0 Å². The molecule has 124 valence electrons. The minimum atomic E-state index is 0.157. The van der Waals surface area contributed by atoms with Gasteiger partial charge in [0, 0.05) is 32.4 Å². The monoisotopic (exact) mass is 324 g/mol. The SMILES string of the molecule is Cc1nc(C2CCCN(C(=O)CCc3ccc(C#N)cc3)C2)no1. The molecule has 1 saturated heterocycles. The number of carbonyl (C=O) groups excluding carboxylic acids is 1. The highest BCUT2D eigenvalue weighted by atomic mass is 16.5. The Morgan fingerprint density at radius 3 is 2.88 bits per heavy atom. The van der Waals surface area contributed by atoms with Gasteiger partial charge in [-0.25, -0.2) is 0 Å². The third-order valence-corrected chi connectivity index (χ3v) is 4.39. The molecule has 1 amide bonds. The highest BCUT2D eigenvalue weighted by Crippen LogP contribution is 2.25. The van der Waals surface area contributed by atoms with Crippen molar-refractivity contribution in [2.45, 2.75) is 38.5 Å². The van der Waals surface area contributed by atoms with Crippen LogP contribution in [0.3, 0.4) is 0 Å². The number of rotatable bonds is 4. The van der Waals surface area contributed by atoms with Gasteiger partial charge in [-0.3, -0.25) is 4.79 Å². The summed E-state index contributed by atoms with van der Waals surface area (Å²) >= 11 is 0. The van der Waals surface area contributed by atoms with Gasteiger partial charge in [-0.15, -0.1) is 0 Å². The molecule has 1 aliphatic heterocycles. The average Bonchev–Trinajstić information content (AvgIpc) is 3.06. The van der Waals surface area contributed by atoms with Crippen LogP contribution in [0.2, 0.25) is 0 Å². The zero-order chi connectivity index (χ0) is 16.9. The van der Waals surface area contributed by atoms with E-state index < -0.39 is 0 Å². The van der Waals surface area contributed by atoms with E-state index in [-0.39, 0.29) is 11.8 Å². The number of amides is 1. The summed E-state index contributed by atoms with van der Waals surface area (Å²) in [4.78, 5) is 18.7. The second kappa shape index (κ2) is 7.26. The van der Waals surface area contributed by atoms with Gasteiger partial charge in [0.2, 0.25) is 11.8 Å². The zero-order valence-electron chi connectivity index (χ0n) is 13.7. The number of hydrogen-bond acceptors (Lipinski definition) is 5. The summed E-state index contributed by atoms with van der Waals surface area (Å²) in [5, 5.41) is 12.8. The predicted molar refractivity (Wildman–Crippen MR) is 87.1 cm³/mol. The molecule has 0 spiro atoms. The lowest BCUT2D eigenvalue weighted by atomic mass is 9.96. The van der Waals surface area contributed by atoms with E-state index in [4.69, 9.17) is 9.78 Å². The lowest BCUT2D eigenvalue weighted by Crippen LogP contribution is -2.39. The number of nitriles is 1. The quantitative estimate of drug-likeness (QED) is 0.863. The summed E-state index contributed by atoms with van der Waals surface area (Å²) in [7, 11) is 0. The van der Waals surface area contributed by atoms with Crippen LogP contribution in [0.15, 0.2) is 28.8 Å². The van der Waals surface area contributed by atoms with Crippen LogP contribution >= 0.6 is 0 Å². The molecule has 0 bridgehead atoms. The van der Waals surface area contributed by atoms with Crippen LogP contribution in [0.4, 0.5) is 0 Å². The summed E-state index contributed by atoms with van der Waals surface area (Å²) in [6.07, 6.45) is 3.11. The molecule has 1 aromatic heterocycles. The Morgan fingerprint density at radius 2 is 2.21 bits per heavy atom. The highest BCUT2D eigenvalue weighted by Gasteiger charge is 2.27. The topological polar surface area (TPSA) is 83.0 Å². The molecular formula is C18H20N4O2. The number of nitrogens with zero attached hydrogens (tertiary/aromatic N) is 4. The molecule has 1 unspecified atom stereocenters. The summed E-state index contributed by atoms with van der Waals surface area (Å²) in [6.45, 7) is 3.23. The van der Waals surface area contributed by atoms with Crippen LogP contribution in [0.25, 0.3) is 0 Å². The standard InChI is InChI=1S/C18H20N4O2/c1-13-20-18(21-24-13)16-3-2-10-22(12-16)17(23)9-8-14-4-6-15(11-19)7-5-14/h4-7,16H,2-3,8-10,12H2,1H3. The van der Waals surface area contributed by atoms with E-state index in [1.807, 2.05) is 17.0 Å². The van der Waals surface area contributed by atoms with Crippen LogP contribution in [0.5, 0.6) is 0 Å². The summed E-state index contributed by atoms with van der Waals surface area (Å²) < 4.78 is 5.05. The lowest BCUT2D eigenvalue weighted by molar-refractivity contribution is -0.132. The number of benzene rings is 1. The molecular weight excluding hydrogens is 304 g/mol. The van der Waals surface area contributed by atoms with Crippen molar-refractivity contribution >= 4 is 5.91 Å². The molecule has 2 heterocycles. The predicted octanol–water partition coefficient (Wildman–Crippen LogP) is 2.59. The summed E-state index contributed by atoms with van der Waals surface area (Å²) in [5.41, 5.74) is 1.71.